The molecule has 0 N–H and O–H groups in total. The van der Waals surface area contributed by atoms with Crippen molar-refractivity contribution in [3.05, 3.63) is 64.1 Å². The lowest BCUT2D eigenvalue weighted by Crippen LogP contribution is -1.81. The third-order valence-corrected chi connectivity index (χ3v) is 5.52. The van der Waals surface area contributed by atoms with Crippen LogP contribution in [0.25, 0.3) is 31.6 Å². The van der Waals surface area contributed by atoms with E-state index in [2.05, 4.69) is 58.4 Å². The topological polar surface area (TPSA) is 12.9 Å². The van der Waals surface area contributed by atoms with Crippen LogP contribution in [-0.4, -0.2) is 4.98 Å². The molecule has 0 bridgehead atoms. The van der Waals surface area contributed by atoms with E-state index in [0.29, 0.717) is 5.02 Å². The molecule has 1 aromatic heterocycles. The Balaban J connectivity index is 2.05. The molecule has 0 unspecified atom stereocenters. The molecule has 0 fully saturated rings. The van der Waals surface area contributed by atoms with Crippen LogP contribution in [0.5, 0.6) is 0 Å². The Hall–Kier alpha value is -1.42. The van der Waals surface area contributed by atoms with Crippen LogP contribution in [0.1, 0.15) is 0 Å². The Morgan fingerprint density at radius 1 is 0.905 bits per heavy atom. The molecule has 4 rings (SSSR count). The van der Waals surface area contributed by atoms with Gasteiger partial charge in [-0.05, 0) is 29.0 Å². The fraction of sp³-hybridized carbons (Fsp3) is 0. The number of rotatable bonds is 1. The molecule has 0 atom stereocenters. The Morgan fingerprint density at radius 3 is 2.52 bits per heavy atom. The van der Waals surface area contributed by atoms with Gasteiger partial charge in [-0.3, -0.25) is 0 Å². The third kappa shape index (κ3) is 2.16. The quantitative estimate of drug-likeness (QED) is 0.369. The second-order valence-electron chi connectivity index (χ2n) is 4.75. The van der Waals surface area contributed by atoms with E-state index in [-0.39, 0.29) is 0 Å². The standard InChI is InChI=1S/C17H9BrClNS/c18-13-7-2-4-10-11(13)5-1-6-12(10)17-20-16-14(19)8-3-9-15(16)21-17/h1-9H. The van der Waals surface area contributed by atoms with Gasteiger partial charge in [0, 0.05) is 10.0 Å². The van der Waals surface area contributed by atoms with Gasteiger partial charge in [0.2, 0.25) is 0 Å². The number of hydrogen-bond acceptors (Lipinski definition) is 2. The summed E-state index contributed by atoms with van der Waals surface area (Å²) in [6, 6.07) is 18.4. The van der Waals surface area contributed by atoms with Gasteiger partial charge in [0.1, 0.15) is 10.5 Å². The number of nitrogens with zero attached hydrogens (tertiary/aromatic N) is 1. The molecule has 0 radical (unpaired) electrons. The van der Waals surface area contributed by atoms with Gasteiger partial charge in [-0.25, -0.2) is 4.98 Å². The Morgan fingerprint density at radius 2 is 1.67 bits per heavy atom. The summed E-state index contributed by atoms with van der Waals surface area (Å²) in [4.78, 5) is 4.73. The van der Waals surface area contributed by atoms with Crippen LogP contribution < -0.4 is 0 Å². The van der Waals surface area contributed by atoms with Crippen LogP contribution >= 0.6 is 38.9 Å². The number of fused-ring (bicyclic) bond motifs is 2. The molecule has 4 aromatic rings. The van der Waals surface area contributed by atoms with Crippen LogP contribution in [0.4, 0.5) is 0 Å². The average molecular weight is 375 g/mol. The summed E-state index contributed by atoms with van der Waals surface area (Å²) in [5.74, 6) is 0. The molecule has 0 spiro atoms. The van der Waals surface area contributed by atoms with E-state index >= 15 is 0 Å². The van der Waals surface area contributed by atoms with Gasteiger partial charge >= 0.3 is 0 Å². The van der Waals surface area contributed by atoms with Crippen LogP contribution in [0.2, 0.25) is 5.02 Å². The molecule has 4 heteroatoms. The number of halogens is 2. The molecule has 0 amide bonds. The fourth-order valence-electron chi connectivity index (χ4n) is 2.49. The van der Waals surface area contributed by atoms with Crippen LogP contribution in [0, 0.1) is 0 Å². The zero-order valence-electron chi connectivity index (χ0n) is 10.8. The smallest absolute Gasteiger partial charge is 0.125 e. The first-order chi connectivity index (χ1) is 10.2. The van der Waals surface area contributed by atoms with Gasteiger partial charge in [0.15, 0.2) is 0 Å². The van der Waals surface area contributed by atoms with Crippen molar-refractivity contribution >= 4 is 59.9 Å². The SMILES string of the molecule is Clc1cccc2sc(-c3cccc4c(Br)cccc34)nc12. The highest BCUT2D eigenvalue weighted by Gasteiger charge is 2.11. The number of hydrogen-bond donors (Lipinski definition) is 0. The predicted molar refractivity (Wildman–Crippen MR) is 95.3 cm³/mol. The van der Waals surface area contributed by atoms with Crippen molar-refractivity contribution < 1.29 is 0 Å². The summed E-state index contributed by atoms with van der Waals surface area (Å²) in [6.07, 6.45) is 0. The minimum Gasteiger partial charge on any atom is -0.234 e. The fourth-order valence-corrected chi connectivity index (χ4v) is 4.29. The maximum absolute atomic E-state index is 6.24. The lowest BCUT2D eigenvalue weighted by Gasteiger charge is -2.05. The Bertz CT molecular complexity index is 977. The molecule has 0 aliphatic carbocycles. The van der Waals surface area contributed by atoms with Crippen molar-refractivity contribution in [3.8, 4) is 10.6 Å². The number of aromatic nitrogens is 1. The molecule has 0 aliphatic heterocycles. The van der Waals surface area contributed by atoms with E-state index < -0.39 is 0 Å². The van der Waals surface area contributed by atoms with E-state index in [4.69, 9.17) is 16.6 Å². The largest absolute Gasteiger partial charge is 0.234 e. The van der Waals surface area contributed by atoms with Crippen molar-refractivity contribution in [1.82, 2.24) is 4.98 Å². The lowest BCUT2D eigenvalue weighted by atomic mass is 10.1. The molecule has 0 saturated carbocycles. The highest BCUT2D eigenvalue weighted by molar-refractivity contribution is 9.10. The molecule has 21 heavy (non-hydrogen) atoms. The van der Waals surface area contributed by atoms with E-state index in [9.17, 15) is 0 Å². The average Bonchev–Trinajstić information content (AvgIpc) is 2.93. The van der Waals surface area contributed by atoms with Gasteiger partial charge in [-0.15, -0.1) is 11.3 Å². The first kappa shape index (κ1) is 13.3. The molecular weight excluding hydrogens is 366 g/mol. The van der Waals surface area contributed by atoms with Crippen molar-refractivity contribution in [1.29, 1.82) is 0 Å². The highest BCUT2D eigenvalue weighted by atomic mass is 79.9. The minimum absolute atomic E-state index is 0.705. The molecule has 102 valence electrons. The molecule has 1 nitrogen and oxygen atoms in total. The molecular formula is C17H9BrClNS. The third-order valence-electron chi connectivity index (χ3n) is 3.47. The van der Waals surface area contributed by atoms with Crippen molar-refractivity contribution in [2.45, 2.75) is 0 Å². The van der Waals surface area contributed by atoms with Crippen LogP contribution in [0.3, 0.4) is 0 Å². The normalized spacial score (nSPS) is 11.3. The maximum atomic E-state index is 6.24. The van der Waals surface area contributed by atoms with Crippen molar-refractivity contribution in [3.63, 3.8) is 0 Å². The summed E-state index contributed by atoms with van der Waals surface area (Å²) in [5, 5.41) is 4.10. The Labute approximate surface area is 139 Å². The second kappa shape index (κ2) is 5.09. The van der Waals surface area contributed by atoms with Gasteiger partial charge in [-0.1, -0.05) is 63.9 Å². The first-order valence-electron chi connectivity index (χ1n) is 6.47. The van der Waals surface area contributed by atoms with Crippen molar-refractivity contribution in [2.24, 2.45) is 0 Å². The van der Waals surface area contributed by atoms with Gasteiger partial charge in [-0.2, -0.15) is 0 Å². The van der Waals surface area contributed by atoms with Gasteiger partial charge in [0.25, 0.3) is 0 Å². The first-order valence-corrected chi connectivity index (χ1v) is 8.45. The summed E-state index contributed by atoms with van der Waals surface area (Å²) in [7, 11) is 0. The monoisotopic (exact) mass is 373 g/mol. The molecule has 0 saturated heterocycles. The molecule has 0 aliphatic rings. The van der Waals surface area contributed by atoms with Crippen LogP contribution in [-0.2, 0) is 0 Å². The second-order valence-corrected chi connectivity index (χ2v) is 7.04. The minimum atomic E-state index is 0.705. The number of thiazole rings is 1. The molecule has 1 heterocycles. The predicted octanol–water partition coefficient (Wildman–Crippen LogP) is 6.53. The Kier molecular flexibility index (Phi) is 3.21. The summed E-state index contributed by atoms with van der Waals surface area (Å²) < 4.78 is 2.21. The van der Waals surface area contributed by atoms with Gasteiger partial charge in [0.05, 0.1) is 9.72 Å². The summed E-state index contributed by atoms with van der Waals surface area (Å²) >= 11 is 11.5. The van der Waals surface area contributed by atoms with Crippen LogP contribution in [0.15, 0.2) is 59.1 Å². The lowest BCUT2D eigenvalue weighted by molar-refractivity contribution is 1.49. The van der Waals surface area contributed by atoms with Gasteiger partial charge < -0.3 is 0 Å². The maximum Gasteiger partial charge on any atom is 0.125 e. The van der Waals surface area contributed by atoms with E-state index in [1.54, 1.807) is 11.3 Å². The van der Waals surface area contributed by atoms with E-state index in [1.165, 1.54) is 10.8 Å². The zero-order valence-corrected chi connectivity index (χ0v) is 14.0. The van der Waals surface area contributed by atoms with E-state index in [1.807, 2.05) is 12.1 Å². The highest BCUT2D eigenvalue weighted by Crippen LogP contribution is 2.37. The van der Waals surface area contributed by atoms with Crippen molar-refractivity contribution in [2.75, 3.05) is 0 Å². The molecule has 3 aromatic carbocycles. The van der Waals surface area contributed by atoms with E-state index in [0.717, 1.165) is 25.3 Å². The summed E-state index contributed by atoms with van der Waals surface area (Å²) in [6.45, 7) is 0. The summed E-state index contributed by atoms with van der Waals surface area (Å²) in [5.41, 5.74) is 2.03. The number of benzene rings is 3. The number of para-hydroxylation sites is 1. The zero-order chi connectivity index (χ0) is 14.4.